The van der Waals surface area contributed by atoms with Crippen molar-refractivity contribution in [2.45, 2.75) is 25.9 Å². The maximum absolute atomic E-state index is 8.99. The van der Waals surface area contributed by atoms with Crippen molar-refractivity contribution in [3.05, 3.63) is 28.8 Å². The van der Waals surface area contributed by atoms with Crippen LogP contribution in [0.2, 0.25) is 5.02 Å². The second kappa shape index (κ2) is 6.98. The van der Waals surface area contributed by atoms with Crippen LogP contribution in [0.3, 0.4) is 0 Å². The van der Waals surface area contributed by atoms with E-state index in [0.29, 0.717) is 17.4 Å². The molecular weight excluding hydrogens is 250 g/mol. The highest BCUT2D eigenvalue weighted by atomic mass is 35.5. The molecule has 0 aliphatic carbocycles. The van der Waals surface area contributed by atoms with Crippen LogP contribution in [-0.2, 0) is 6.61 Å². The minimum Gasteiger partial charge on any atom is -0.491 e. The molecule has 100 valence electrons. The Morgan fingerprint density at radius 1 is 1.22 bits per heavy atom. The third-order valence-corrected chi connectivity index (χ3v) is 3.59. The van der Waals surface area contributed by atoms with Gasteiger partial charge in [0.1, 0.15) is 12.4 Å². The van der Waals surface area contributed by atoms with Gasteiger partial charge in [0.05, 0.1) is 11.6 Å². The van der Waals surface area contributed by atoms with E-state index in [0.717, 1.165) is 12.1 Å². The standard InChI is InChI=1S/C14H20ClNO2/c15-13-10-12(11-17)4-5-14(13)18-9-8-16-6-2-1-3-7-16/h4-5,10,17H,1-3,6-9,11H2. The molecule has 1 heterocycles. The smallest absolute Gasteiger partial charge is 0.137 e. The average molecular weight is 270 g/mol. The fourth-order valence-corrected chi connectivity index (χ4v) is 2.49. The van der Waals surface area contributed by atoms with Gasteiger partial charge in [0.2, 0.25) is 0 Å². The van der Waals surface area contributed by atoms with Crippen molar-refractivity contribution in [1.82, 2.24) is 4.90 Å². The molecule has 1 aliphatic heterocycles. The van der Waals surface area contributed by atoms with E-state index < -0.39 is 0 Å². The zero-order valence-corrected chi connectivity index (χ0v) is 11.3. The van der Waals surface area contributed by atoms with Crippen LogP contribution in [0.15, 0.2) is 18.2 Å². The SMILES string of the molecule is OCc1ccc(OCCN2CCCCC2)c(Cl)c1. The van der Waals surface area contributed by atoms with Gasteiger partial charge in [0.25, 0.3) is 0 Å². The Kier molecular flexibility index (Phi) is 5.29. The maximum Gasteiger partial charge on any atom is 0.137 e. The van der Waals surface area contributed by atoms with Gasteiger partial charge in [-0.05, 0) is 43.6 Å². The van der Waals surface area contributed by atoms with Gasteiger partial charge in [-0.15, -0.1) is 0 Å². The third-order valence-electron chi connectivity index (χ3n) is 3.29. The molecule has 1 aromatic carbocycles. The lowest BCUT2D eigenvalue weighted by Crippen LogP contribution is -2.33. The number of benzene rings is 1. The van der Waals surface area contributed by atoms with Gasteiger partial charge in [0, 0.05) is 6.54 Å². The summed E-state index contributed by atoms with van der Waals surface area (Å²) in [5.41, 5.74) is 0.809. The number of nitrogens with zero attached hydrogens (tertiary/aromatic N) is 1. The molecule has 3 nitrogen and oxygen atoms in total. The lowest BCUT2D eigenvalue weighted by Gasteiger charge is -2.26. The lowest BCUT2D eigenvalue weighted by molar-refractivity contribution is 0.183. The van der Waals surface area contributed by atoms with Crippen LogP contribution < -0.4 is 4.74 Å². The van der Waals surface area contributed by atoms with Crippen LogP contribution in [0.4, 0.5) is 0 Å². The normalized spacial score (nSPS) is 16.8. The molecule has 1 aliphatic rings. The van der Waals surface area contributed by atoms with Crippen LogP contribution in [-0.4, -0.2) is 36.2 Å². The molecule has 0 spiro atoms. The Morgan fingerprint density at radius 2 is 2.00 bits per heavy atom. The number of hydrogen-bond donors (Lipinski definition) is 1. The van der Waals surface area contributed by atoms with Crippen molar-refractivity contribution in [2.24, 2.45) is 0 Å². The van der Waals surface area contributed by atoms with E-state index in [4.69, 9.17) is 21.4 Å². The molecule has 2 rings (SSSR count). The van der Waals surface area contributed by atoms with Gasteiger partial charge in [-0.2, -0.15) is 0 Å². The fourth-order valence-electron chi connectivity index (χ4n) is 2.23. The molecule has 0 atom stereocenters. The molecule has 0 aromatic heterocycles. The molecule has 1 saturated heterocycles. The van der Waals surface area contributed by atoms with Gasteiger partial charge >= 0.3 is 0 Å². The number of likely N-dealkylation sites (tertiary alicyclic amines) is 1. The molecule has 0 unspecified atom stereocenters. The summed E-state index contributed by atoms with van der Waals surface area (Å²) in [6, 6.07) is 5.41. The molecule has 0 saturated carbocycles. The summed E-state index contributed by atoms with van der Waals surface area (Å²) in [6.07, 6.45) is 3.95. The molecule has 0 radical (unpaired) electrons. The van der Waals surface area contributed by atoms with Crippen molar-refractivity contribution in [3.63, 3.8) is 0 Å². The van der Waals surface area contributed by atoms with Gasteiger partial charge in [-0.3, -0.25) is 4.90 Å². The summed E-state index contributed by atoms with van der Waals surface area (Å²) < 4.78 is 5.68. The lowest BCUT2D eigenvalue weighted by atomic mass is 10.1. The average Bonchev–Trinajstić information content (AvgIpc) is 2.42. The summed E-state index contributed by atoms with van der Waals surface area (Å²) in [4.78, 5) is 2.43. The largest absolute Gasteiger partial charge is 0.491 e. The monoisotopic (exact) mass is 269 g/mol. The molecule has 4 heteroatoms. The summed E-state index contributed by atoms with van der Waals surface area (Å²) in [5.74, 6) is 0.700. The van der Waals surface area contributed by atoms with Gasteiger partial charge in [-0.25, -0.2) is 0 Å². The molecule has 18 heavy (non-hydrogen) atoms. The van der Waals surface area contributed by atoms with Crippen molar-refractivity contribution in [3.8, 4) is 5.75 Å². The zero-order chi connectivity index (χ0) is 12.8. The number of piperidine rings is 1. The Morgan fingerprint density at radius 3 is 2.67 bits per heavy atom. The quantitative estimate of drug-likeness (QED) is 0.892. The first-order chi connectivity index (χ1) is 8.79. The first-order valence-electron chi connectivity index (χ1n) is 6.54. The Bertz CT molecular complexity index is 378. The number of rotatable bonds is 5. The Labute approximate surface area is 113 Å². The first-order valence-corrected chi connectivity index (χ1v) is 6.92. The van der Waals surface area contributed by atoms with Gasteiger partial charge < -0.3 is 9.84 Å². The molecule has 0 bridgehead atoms. The van der Waals surface area contributed by atoms with E-state index >= 15 is 0 Å². The van der Waals surface area contributed by atoms with Crippen LogP contribution in [0.5, 0.6) is 5.75 Å². The maximum atomic E-state index is 8.99. The summed E-state index contributed by atoms with van der Waals surface area (Å²) >= 11 is 6.08. The first kappa shape index (κ1) is 13.7. The number of ether oxygens (including phenoxy) is 1. The Hall–Kier alpha value is -0.770. The molecule has 1 fully saturated rings. The number of aliphatic hydroxyl groups excluding tert-OH is 1. The predicted molar refractivity (Wildman–Crippen MR) is 73.2 cm³/mol. The Balaban J connectivity index is 1.79. The van der Waals surface area contributed by atoms with E-state index in [9.17, 15) is 0 Å². The van der Waals surface area contributed by atoms with E-state index in [-0.39, 0.29) is 6.61 Å². The van der Waals surface area contributed by atoms with E-state index in [1.54, 1.807) is 6.07 Å². The van der Waals surface area contributed by atoms with Crippen LogP contribution >= 0.6 is 11.6 Å². The topological polar surface area (TPSA) is 32.7 Å². The second-order valence-corrected chi connectivity index (χ2v) is 5.08. The van der Waals surface area contributed by atoms with E-state index in [1.807, 2.05) is 12.1 Å². The highest BCUT2D eigenvalue weighted by Gasteiger charge is 2.10. The number of aliphatic hydroxyl groups is 1. The molecule has 1 N–H and O–H groups in total. The molecule has 0 amide bonds. The minimum atomic E-state index is 0.00772. The predicted octanol–water partition coefficient (Wildman–Crippen LogP) is 2.70. The highest BCUT2D eigenvalue weighted by molar-refractivity contribution is 6.32. The van der Waals surface area contributed by atoms with Crippen LogP contribution in [0, 0.1) is 0 Å². The highest BCUT2D eigenvalue weighted by Crippen LogP contribution is 2.25. The number of hydrogen-bond acceptors (Lipinski definition) is 3. The van der Waals surface area contributed by atoms with Crippen molar-refractivity contribution >= 4 is 11.6 Å². The molecule has 1 aromatic rings. The summed E-state index contributed by atoms with van der Waals surface area (Å²) in [5, 5.41) is 9.56. The third kappa shape index (κ3) is 3.87. The van der Waals surface area contributed by atoms with Crippen molar-refractivity contribution < 1.29 is 9.84 Å². The number of halogens is 1. The van der Waals surface area contributed by atoms with Gasteiger partial charge in [0.15, 0.2) is 0 Å². The second-order valence-electron chi connectivity index (χ2n) is 4.67. The van der Waals surface area contributed by atoms with Crippen LogP contribution in [0.1, 0.15) is 24.8 Å². The van der Waals surface area contributed by atoms with E-state index in [2.05, 4.69) is 4.90 Å². The van der Waals surface area contributed by atoms with Crippen molar-refractivity contribution in [1.29, 1.82) is 0 Å². The zero-order valence-electron chi connectivity index (χ0n) is 10.6. The fraction of sp³-hybridized carbons (Fsp3) is 0.571. The minimum absolute atomic E-state index is 0.00772. The summed E-state index contributed by atoms with van der Waals surface area (Å²) in [7, 11) is 0. The summed E-state index contributed by atoms with van der Waals surface area (Å²) in [6.45, 7) is 3.99. The van der Waals surface area contributed by atoms with Crippen LogP contribution in [0.25, 0.3) is 0 Å². The molecular formula is C14H20ClNO2. The van der Waals surface area contributed by atoms with Crippen molar-refractivity contribution in [2.75, 3.05) is 26.2 Å². The van der Waals surface area contributed by atoms with Gasteiger partial charge in [-0.1, -0.05) is 24.1 Å². The van der Waals surface area contributed by atoms with E-state index in [1.165, 1.54) is 32.4 Å².